The lowest BCUT2D eigenvalue weighted by molar-refractivity contribution is -0.384. The topological polar surface area (TPSA) is 76.2 Å². The first-order chi connectivity index (χ1) is 9.56. The first kappa shape index (κ1) is 13.8. The second kappa shape index (κ2) is 5.59. The average molecular weight is 289 g/mol. The summed E-state index contributed by atoms with van der Waals surface area (Å²) in [5.74, 6) is 0.543. The van der Waals surface area contributed by atoms with Gasteiger partial charge in [-0.05, 0) is 24.3 Å². The van der Waals surface area contributed by atoms with Crippen LogP contribution in [0.25, 0.3) is 11.1 Å². The quantitative estimate of drug-likeness (QED) is 0.636. The van der Waals surface area contributed by atoms with Gasteiger partial charge in [-0.25, -0.2) is 0 Å². The van der Waals surface area contributed by atoms with Crippen LogP contribution in [-0.2, 0) is 0 Å². The second-order valence-corrected chi connectivity index (χ2v) is 4.35. The Morgan fingerprint density at radius 2 is 2.00 bits per heavy atom. The maximum Gasteiger partial charge on any atom is 0.270 e. The van der Waals surface area contributed by atoms with Gasteiger partial charge in [-0.15, -0.1) is 0 Å². The third-order valence-electron chi connectivity index (χ3n) is 2.80. The molecule has 100 valence electrons. The molecule has 0 atom stereocenters. The Hall–Kier alpha value is -2.58. The van der Waals surface area contributed by atoms with Crippen molar-refractivity contribution in [3.05, 3.63) is 57.1 Å². The molecule has 0 saturated carbocycles. The summed E-state index contributed by atoms with van der Waals surface area (Å²) in [7, 11) is 1.50. The number of nitrogens with zero attached hydrogens (tertiary/aromatic N) is 2. The van der Waals surface area contributed by atoms with E-state index in [0.717, 1.165) is 0 Å². The van der Waals surface area contributed by atoms with Crippen molar-refractivity contribution in [1.82, 2.24) is 0 Å². The first-order valence-electron chi connectivity index (χ1n) is 5.59. The Bertz CT molecular complexity index is 723. The lowest BCUT2D eigenvalue weighted by atomic mass is 9.99. The van der Waals surface area contributed by atoms with Crippen LogP contribution in [0, 0.1) is 21.4 Å². The van der Waals surface area contributed by atoms with Gasteiger partial charge in [0.05, 0.1) is 23.7 Å². The minimum absolute atomic E-state index is 0.0869. The highest BCUT2D eigenvalue weighted by Crippen LogP contribution is 2.35. The zero-order valence-electron chi connectivity index (χ0n) is 10.5. The number of nitriles is 1. The van der Waals surface area contributed by atoms with Crippen molar-refractivity contribution < 1.29 is 9.66 Å². The van der Waals surface area contributed by atoms with E-state index in [-0.39, 0.29) is 5.69 Å². The van der Waals surface area contributed by atoms with Gasteiger partial charge in [0.2, 0.25) is 0 Å². The van der Waals surface area contributed by atoms with Crippen LogP contribution in [0.4, 0.5) is 5.69 Å². The third-order valence-corrected chi connectivity index (χ3v) is 3.13. The van der Waals surface area contributed by atoms with Crippen molar-refractivity contribution in [1.29, 1.82) is 5.26 Å². The lowest BCUT2D eigenvalue weighted by Gasteiger charge is -2.09. The summed E-state index contributed by atoms with van der Waals surface area (Å²) in [5, 5.41) is 20.3. The van der Waals surface area contributed by atoms with Gasteiger partial charge >= 0.3 is 0 Å². The summed E-state index contributed by atoms with van der Waals surface area (Å²) in [4.78, 5) is 10.3. The molecule has 2 aromatic carbocycles. The Morgan fingerprint density at radius 3 is 2.60 bits per heavy atom. The number of hydrogen-bond acceptors (Lipinski definition) is 4. The van der Waals surface area contributed by atoms with Crippen LogP contribution >= 0.6 is 11.6 Å². The number of nitro benzene ring substituents is 1. The molecule has 0 fully saturated rings. The Kier molecular flexibility index (Phi) is 3.87. The molecule has 6 heteroatoms. The molecule has 20 heavy (non-hydrogen) atoms. The van der Waals surface area contributed by atoms with Gasteiger partial charge in [0.25, 0.3) is 5.69 Å². The molecule has 0 aromatic heterocycles. The van der Waals surface area contributed by atoms with Crippen molar-refractivity contribution in [2.45, 2.75) is 0 Å². The Morgan fingerprint density at radius 1 is 1.25 bits per heavy atom. The van der Waals surface area contributed by atoms with E-state index in [1.807, 2.05) is 6.07 Å². The largest absolute Gasteiger partial charge is 0.497 e. The van der Waals surface area contributed by atoms with Gasteiger partial charge < -0.3 is 4.74 Å². The smallest absolute Gasteiger partial charge is 0.270 e. The van der Waals surface area contributed by atoms with Gasteiger partial charge in [-0.2, -0.15) is 5.26 Å². The number of rotatable bonds is 3. The van der Waals surface area contributed by atoms with Crippen LogP contribution in [-0.4, -0.2) is 12.0 Å². The first-order valence-corrected chi connectivity index (χ1v) is 5.97. The van der Waals surface area contributed by atoms with Crippen molar-refractivity contribution >= 4 is 17.3 Å². The van der Waals surface area contributed by atoms with Gasteiger partial charge in [-0.1, -0.05) is 11.6 Å². The number of benzene rings is 2. The molecule has 0 spiro atoms. The molecule has 0 heterocycles. The lowest BCUT2D eigenvalue weighted by Crippen LogP contribution is -1.92. The number of methoxy groups -OCH3 is 1. The number of nitro groups is 1. The predicted molar refractivity (Wildman–Crippen MR) is 74.8 cm³/mol. The van der Waals surface area contributed by atoms with Crippen LogP contribution < -0.4 is 4.74 Å². The zero-order valence-corrected chi connectivity index (χ0v) is 11.2. The van der Waals surface area contributed by atoms with Gasteiger partial charge in [0.1, 0.15) is 5.75 Å². The molecule has 0 aliphatic carbocycles. The van der Waals surface area contributed by atoms with E-state index in [4.69, 9.17) is 21.6 Å². The van der Waals surface area contributed by atoms with E-state index in [2.05, 4.69) is 0 Å². The molecule has 0 bridgehead atoms. The standard InChI is InChI=1S/C14H9ClN2O3/c1-20-11-4-2-9(8-16)12(7-11)13-6-10(17(18)19)3-5-14(13)15/h2-7H,1H3. The van der Waals surface area contributed by atoms with E-state index in [1.54, 1.807) is 18.2 Å². The zero-order chi connectivity index (χ0) is 14.7. The van der Waals surface area contributed by atoms with E-state index >= 15 is 0 Å². The predicted octanol–water partition coefficient (Wildman–Crippen LogP) is 3.80. The summed E-state index contributed by atoms with van der Waals surface area (Å²) < 4.78 is 5.11. The number of ether oxygens (including phenoxy) is 1. The van der Waals surface area contributed by atoms with E-state index in [1.165, 1.54) is 25.3 Å². The summed E-state index contributed by atoms with van der Waals surface area (Å²) in [5.41, 5.74) is 1.21. The minimum atomic E-state index is -0.508. The van der Waals surface area contributed by atoms with Crippen LogP contribution in [0.15, 0.2) is 36.4 Å². The molecule has 0 aliphatic rings. The monoisotopic (exact) mass is 288 g/mol. The highest BCUT2D eigenvalue weighted by atomic mass is 35.5. The minimum Gasteiger partial charge on any atom is -0.497 e. The summed E-state index contributed by atoms with van der Waals surface area (Å²) >= 11 is 6.09. The van der Waals surface area contributed by atoms with Crippen LogP contribution in [0.5, 0.6) is 5.75 Å². The summed E-state index contributed by atoms with van der Waals surface area (Å²) in [6, 6.07) is 11.0. The second-order valence-electron chi connectivity index (χ2n) is 3.94. The van der Waals surface area contributed by atoms with Crippen molar-refractivity contribution in [2.75, 3.05) is 7.11 Å². The van der Waals surface area contributed by atoms with E-state index in [0.29, 0.717) is 27.5 Å². The molecule has 2 aromatic rings. The van der Waals surface area contributed by atoms with Crippen LogP contribution in [0.3, 0.4) is 0 Å². The Balaban J connectivity index is 2.70. The van der Waals surface area contributed by atoms with Gasteiger partial charge in [0.15, 0.2) is 0 Å². The number of halogens is 1. The molecule has 5 nitrogen and oxygen atoms in total. The normalized spacial score (nSPS) is 9.85. The number of non-ortho nitro benzene ring substituents is 1. The molecule has 0 unspecified atom stereocenters. The fraction of sp³-hybridized carbons (Fsp3) is 0.0714. The summed E-state index contributed by atoms with van der Waals surface area (Å²) in [6.07, 6.45) is 0. The van der Waals surface area contributed by atoms with Crippen molar-refractivity contribution in [2.24, 2.45) is 0 Å². The molecular formula is C14H9ClN2O3. The van der Waals surface area contributed by atoms with Crippen LogP contribution in [0.1, 0.15) is 5.56 Å². The van der Waals surface area contributed by atoms with Crippen molar-refractivity contribution in [3.8, 4) is 22.9 Å². The summed E-state index contributed by atoms with van der Waals surface area (Å²) in [6.45, 7) is 0. The number of hydrogen-bond donors (Lipinski definition) is 0. The van der Waals surface area contributed by atoms with Crippen LogP contribution in [0.2, 0.25) is 5.02 Å². The maximum absolute atomic E-state index is 10.8. The molecular weight excluding hydrogens is 280 g/mol. The highest BCUT2D eigenvalue weighted by Gasteiger charge is 2.15. The average Bonchev–Trinajstić information content (AvgIpc) is 2.46. The molecule has 0 N–H and O–H groups in total. The van der Waals surface area contributed by atoms with E-state index in [9.17, 15) is 10.1 Å². The van der Waals surface area contributed by atoms with E-state index < -0.39 is 4.92 Å². The van der Waals surface area contributed by atoms with Crippen molar-refractivity contribution in [3.63, 3.8) is 0 Å². The molecule has 0 amide bonds. The third kappa shape index (κ3) is 2.56. The Labute approximate surface area is 120 Å². The molecule has 0 radical (unpaired) electrons. The van der Waals surface area contributed by atoms with Gasteiger partial charge in [0, 0.05) is 28.3 Å². The maximum atomic E-state index is 10.8. The fourth-order valence-electron chi connectivity index (χ4n) is 1.80. The van der Waals surface area contributed by atoms with Gasteiger partial charge in [-0.3, -0.25) is 10.1 Å². The fourth-order valence-corrected chi connectivity index (χ4v) is 2.02. The SMILES string of the molecule is COc1ccc(C#N)c(-c2cc([N+](=O)[O-])ccc2Cl)c1. The molecule has 0 aliphatic heterocycles. The molecule has 0 saturated heterocycles. The molecule has 2 rings (SSSR count). The highest BCUT2D eigenvalue weighted by molar-refractivity contribution is 6.33.